The van der Waals surface area contributed by atoms with Crippen molar-refractivity contribution in [3.05, 3.63) is 24.0 Å². The number of ether oxygens (including phenoxy) is 2. The first kappa shape index (κ1) is 23.0. The number of anilines is 2. The van der Waals surface area contributed by atoms with Crippen molar-refractivity contribution in [2.45, 2.75) is 32.5 Å². The van der Waals surface area contributed by atoms with Gasteiger partial charge in [0.1, 0.15) is 17.5 Å². The molecule has 2 amide bonds. The van der Waals surface area contributed by atoms with Crippen LogP contribution in [0.2, 0.25) is 0 Å². The standard InChI is InChI=1S/C19H26FN3O5.ClH/c1-19(2,3)28-17(25)22-8-6-21(7-9-22)16-5-4-13(10-15(16)20)23-11-14(12-24)27-18(23)26;/h4-5,10,14,24H,6-9,11-12H2,1-3H3;1H/t14-;/m1./s1. The van der Waals surface area contributed by atoms with Crippen molar-refractivity contribution in [2.24, 2.45) is 0 Å². The summed E-state index contributed by atoms with van der Waals surface area (Å²) in [6.07, 6.45) is -1.57. The van der Waals surface area contributed by atoms with E-state index in [1.807, 2.05) is 25.7 Å². The monoisotopic (exact) mass is 431 g/mol. The molecule has 0 spiro atoms. The van der Waals surface area contributed by atoms with Gasteiger partial charge >= 0.3 is 12.2 Å². The molecule has 2 fully saturated rings. The third-order valence-electron chi connectivity index (χ3n) is 4.59. The number of hydrogen-bond acceptors (Lipinski definition) is 6. The van der Waals surface area contributed by atoms with E-state index in [0.717, 1.165) is 0 Å². The highest BCUT2D eigenvalue weighted by molar-refractivity contribution is 5.90. The summed E-state index contributed by atoms with van der Waals surface area (Å²) in [7, 11) is 0. The first-order chi connectivity index (χ1) is 13.2. The minimum atomic E-state index is -0.601. The van der Waals surface area contributed by atoms with Crippen LogP contribution in [0, 0.1) is 5.82 Å². The van der Waals surface area contributed by atoms with Gasteiger partial charge in [-0.15, -0.1) is 12.4 Å². The minimum Gasteiger partial charge on any atom is -0.444 e. The van der Waals surface area contributed by atoms with Crippen LogP contribution in [0.15, 0.2) is 18.2 Å². The lowest BCUT2D eigenvalue weighted by Crippen LogP contribution is -2.50. The van der Waals surface area contributed by atoms with Crippen LogP contribution < -0.4 is 9.80 Å². The maximum Gasteiger partial charge on any atom is 0.414 e. The molecule has 8 nitrogen and oxygen atoms in total. The molecule has 0 unspecified atom stereocenters. The van der Waals surface area contributed by atoms with E-state index in [-0.39, 0.29) is 31.7 Å². The first-order valence-electron chi connectivity index (χ1n) is 9.29. The zero-order valence-electron chi connectivity index (χ0n) is 16.8. The zero-order chi connectivity index (χ0) is 20.5. The van der Waals surface area contributed by atoms with Gasteiger partial charge in [-0.1, -0.05) is 0 Å². The lowest BCUT2D eigenvalue weighted by molar-refractivity contribution is 0.0240. The Morgan fingerprint density at radius 2 is 1.93 bits per heavy atom. The molecule has 1 aromatic carbocycles. The van der Waals surface area contributed by atoms with Gasteiger partial charge in [-0.3, -0.25) is 4.90 Å². The number of amides is 2. The molecule has 1 atom stereocenters. The van der Waals surface area contributed by atoms with E-state index in [1.54, 1.807) is 17.0 Å². The fourth-order valence-electron chi connectivity index (χ4n) is 3.20. The van der Waals surface area contributed by atoms with Gasteiger partial charge in [0.05, 0.1) is 24.5 Å². The maximum atomic E-state index is 14.7. The van der Waals surface area contributed by atoms with Gasteiger partial charge in [0.15, 0.2) is 0 Å². The molecule has 2 heterocycles. The highest BCUT2D eigenvalue weighted by Gasteiger charge is 2.33. The van der Waals surface area contributed by atoms with Crippen LogP contribution in [0.4, 0.5) is 25.4 Å². The Morgan fingerprint density at radius 3 is 2.45 bits per heavy atom. The summed E-state index contributed by atoms with van der Waals surface area (Å²) in [5.74, 6) is -0.455. The summed E-state index contributed by atoms with van der Waals surface area (Å²) in [5, 5.41) is 9.12. The normalized spacial score (nSPS) is 19.7. The number of aliphatic hydroxyl groups excluding tert-OH is 1. The number of aliphatic hydroxyl groups is 1. The second-order valence-corrected chi connectivity index (χ2v) is 7.89. The third kappa shape index (κ3) is 5.42. The maximum absolute atomic E-state index is 14.7. The summed E-state index contributed by atoms with van der Waals surface area (Å²) >= 11 is 0. The summed E-state index contributed by atoms with van der Waals surface area (Å²) in [6.45, 7) is 7.19. The van der Waals surface area contributed by atoms with Crippen LogP contribution in [0.1, 0.15) is 20.8 Å². The molecule has 2 aliphatic heterocycles. The van der Waals surface area contributed by atoms with Gasteiger partial charge in [-0.25, -0.2) is 14.0 Å². The molecule has 0 bridgehead atoms. The van der Waals surface area contributed by atoms with Crippen molar-refractivity contribution in [1.29, 1.82) is 0 Å². The fraction of sp³-hybridized carbons (Fsp3) is 0.579. The van der Waals surface area contributed by atoms with Gasteiger partial charge in [-0.2, -0.15) is 0 Å². The van der Waals surface area contributed by atoms with Crippen molar-refractivity contribution in [1.82, 2.24) is 4.90 Å². The molecule has 0 saturated carbocycles. The number of carbonyl (C=O) groups excluding carboxylic acids is 2. The van der Waals surface area contributed by atoms with Crippen LogP contribution in [0.3, 0.4) is 0 Å². The van der Waals surface area contributed by atoms with Crippen LogP contribution in [-0.2, 0) is 9.47 Å². The quantitative estimate of drug-likeness (QED) is 0.792. The van der Waals surface area contributed by atoms with Gasteiger partial charge in [0.25, 0.3) is 0 Å². The molecule has 0 aliphatic carbocycles. The smallest absolute Gasteiger partial charge is 0.414 e. The van der Waals surface area contributed by atoms with Crippen LogP contribution in [0.5, 0.6) is 0 Å². The lowest BCUT2D eigenvalue weighted by Gasteiger charge is -2.37. The summed E-state index contributed by atoms with van der Waals surface area (Å²) < 4.78 is 25.1. The second-order valence-electron chi connectivity index (χ2n) is 7.89. The number of hydrogen-bond donors (Lipinski definition) is 1. The van der Waals surface area contributed by atoms with E-state index < -0.39 is 23.6 Å². The van der Waals surface area contributed by atoms with Crippen molar-refractivity contribution in [2.75, 3.05) is 49.1 Å². The first-order valence-corrected chi connectivity index (χ1v) is 9.29. The fourth-order valence-corrected chi connectivity index (χ4v) is 3.20. The lowest BCUT2D eigenvalue weighted by atomic mass is 10.2. The van der Waals surface area contributed by atoms with Crippen LogP contribution in [-0.4, -0.2) is 73.2 Å². The molecule has 2 aliphatic rings. The summed E-state index contributed by atoms with van der Waals surface area (Å²) in [5.41, 5.74) is 0.246. The largest absolute Gasteiger partial charge is 0.444 e. The van der Waals surface area contributed by atoms with Crippen molar-refractivity contribution in [3.63, 3.8) is 0 Å². The number of benzene rings is 1. The number of piperazine rings is 1. The summed E-state index contributed by atoms with van der Waals surface area (Å²) in [6, 6.07) is 4.56. The average Bonchev–Trinajstić information content (AvgIpc) is 3.01. The highest BCUT2D eigenvalue weighted by Crippen LogP contribution is 2.28. The Bertz CT molecular complexity index is 750. The molecule has 29 heavy (non-hydrogen) atoms. The molecule has 10 heteroatoms. The molecule has 1 N–H and O–H groups in total. The number of carbonyl (C=O) groups is 2. The van der Waals surface area contributed by atoms with Crippen molar-refractivity contribution in [3.8, 4) is 0 Å². The van der Waals surface area contributed by atoms with Crippen LogP contribution >= 0.6 is 12.4 Å². The molecule has 0 radical (unpaired) electrons. The topological polar surface area (TPSA) is 82.6 Å². The Kier molecular flexibility index (Phi) is 7.18. The third-order valence-corrected chi connectivity index (χ3v) is 4.59. The molecular weight excluding hydrogens is 405 g/mol. The number of nitrogens with zero attached hydrogens (tertiary/aromatic N) is 3. The SMILES string of the molecule is CC(C)(C)OC(=O)N1CCN(c2ccc(N3C[C@H](CO)OC3=O)cc2F)CC1.Cl. The highest BCUT2D eigenvalue weighted by atomic mass is 35.5. The number of halogens is 2. The number of cyclic esters (lactones) is 1. The minimum absolute atomic E-state index is 0. The van der Waals surface area contributed by atoms with Crippen LogP contribution in [0.25, 0.3) is 0 Å². The Morgan fingerprint density at radius 1 is 1.28 bits per heavy atom. The average molecular weight is 432 g/mol. The van der Waals surface area contributed by atoms with E-state index in [4.69, 9.17) is 14.6 Å². The van der Waals surface area contributed by atoms with Gasteiger partial charge in [0, 0.05) is 26.2 Å². The van der Waals surface area contributed by atoms with Crippen molar-refractivity contribution < 1.29 is 28.6 Å². The molecule has 2 saturated heterocycles. The summed E-state index contributed by atoms with van der Waals surface area (Å²) in [4.78, 5) is 28.8. The number of rotatable bonds is 3. The Labute approximate surface area is 175 Å². The molecule has 162 valence electrons. The zero-order valence-corrected chi connectivity index (χ0v) is 17.6. The second kappa shape index (κ2) is 9.04. The van der Waals surface area contributed by atoms with E-state index in [2.05, 4.69) is 0 Å². The molecule has 3 rings (SSSR count). The van der Waals surface area contributed by atoms with Gasteiger partial charge < -0.3 is 24.4 Å². The van der Waals surface area contributed by atoms with Crippen molar-refractivity contribution >= 4 is 36.0 Å². The Balaban J connectivity index is 0.00000300. The van der Waals surface area contributed by atoms with Gasteiger partial charge in [-0.05, 0) is 39.0 Å². The van der Waals surface area contributed by atoms with E-state index in [9.17, 15) is 14.0 Å². The molecule has 1 aromatic rings. The van der Waals surface area contributed by atoms with Gasteiger partial charge in [0.2, 0.25) is 0 Å². The predicted octanol–water partition coefficient (Wildman–Crippen LogP) is 2.62. The van der Waals surface area contributed by atoms with E-state index >= 15 is 0 Å². The Hall–Kier alpha value is -2.26. The van der Waals surface area contributed by atoms with E-state index in [0.29, 0.717) is 37.6 Å². The molecule has 0 aromatic heterocycles. The molecular formula is C19H27ClFN3O5. The van der Waals surface area contributed by atoms with E-state index in [1.165, 1.54) is 11.0 Å². The predicted molar refractivity (Wildman–Crippen MR) is 108 cm³/mol.